The summed E-state index contributed by atoms with van der Waals surface area (Å²) < 4.78 is 5.13. The predicted molar refractivity (Wildman–Crippen MR) is 64.5 cm³/mol. The molecule has 0 unspecified atom stereocenters. The van der Waals surface area contributed by atoms with Crippen molar-refractivity contribution in [2.75, 3.05) is 31.6 Å². The summed E-state index contributed by atoms with van der Waals surface area (Å²) in [6.45, 7) is 1.97. The number of rotatable bonds is 2. The molecule has 1 aliphatic rings. The molecule has 7 nitrogen and oxygen atoms in total. The molecule has 0 atom stereocenters. The number of anilines is 1. The van der Waals surface area contributed by atoms with E-state index in [9.17, 15) is 14.9 Å². The Morgan fingerprint density at radius 3 is 2.67 bits per heavy atom. The van der Waals surface area contributed by atoms with Crippen molar-refractivity contribution in [3.63, 3.8) is 0 Å². The number of nitro benzene ring substituents is 1. The van der Waals surface area contributed by atoms with Crippen molar-refractivity contribution in [1.29, 1.82) is 0 Å². The SMILES string of the molecule is O=C(Nc1ccccc1[N+](=O)[O-])N1CCOCC1. The second-order valence-electron chi connectivity index (χ2n) is 3.80. The van der Waals surface area contributed by atoms with E-state index in [0.717, 1.165) is 0 Å². The molecule has 0 saturated carbocycles. The summed E-state index contributed by atoms with van der Waals surface area (Å²) in [5.41, 5.74) is 0.0955. The molecular weight excluding hydrogens is 238 g/mol. The molecule has 1 aliphatic heterocycles. The van der Waals surface area contributed by atoms with Crippen LogP contribution in [0.4, 0.5) is 16.2 Å². The summed E-state index contributed by atoms with van der Waals surface area (Å²) in [6, 6.07) is 5.73. The Kier molecular flexibility index (Phi) is 3.73. The van der Waals surface area contributed by atoms with Crippen LogP contribution in [0.5, 0.6) is 0 Å². The lowest BCUT2D eigenvalue weighted by molar-refractivity contribution is -0.383. The number of nitrogens with one attached hydrogen (secondary N) is 1. The van der Waals surface area contributed by atoms with E-state index in [1.54, 1.807) is 17.0 Å². The molecule has 0 aromatic heterocycles. The average Bonchev–Trinajstić information content (AvgIpc) is 2.40. The molecule has 1 fully saturated rings. The number of nitro groups is 1. The number of carbonyl (C=O) groups is 1. The molecule has 2 rings (SSSR count). The fourth-order valence-electron chi connectivity index (χ4n) is 1.70. The summed E-state index contributed by atoms with van der Waals surface area (Å²) in [7, 11) is 0. The van der Waals surface area contributed by atoms with Crippen LogP contribution in [0.2, 0.25) is 0 Å². The van der Waals surface area contributed by atoms with E-state index in [2.05, 4.69) is 5.32 Å². The van der Waals surface area contributed by atoms with Gasteiger partial charge in [-0.3, -0.25) is 10.1 Å². The maximum Gasteiger partial charge on any atom is 0.322 e. The van der Waals surface area contributed by atoms with Gasteiger partial charge in [0, 0.05) is 19.2 Å². The van der Waals surface area contributed by atoms with Crippen LogP contribution in [0.3, 0.4) is 0 Å². The third kappa shape index (κ3) is 2.75. The zero-order chi connectivity index (χ0) is 13.0. The number of ether oxygens (including phenoxy) is 1. The highest BCUT2D eigenvalue weighted by Gasteiger charge is 2.20. The van der Waals surface area contributed by atoms with Crippen molar-refractivity contribution in [2.45, 2.75) is 0 Å². The highest BCUT2D eigenvalue weighted by Crippen LogP contribution is 2.23. The van der Waals surface area contributed by atoms with Gasteiger partial charge in [-0.1, -0.05) is 12.1 Å². The number of benzene rings is 1. The minimum atomic E-state index is -0.519. The lowest BCUT2D eigenvalue weighted by atomic mass is 10.2. The Morgan fingerprint density at radius 2 is 2.00 bits per heavy atom. The summed E-state index contributed by atoms with van der Waals surface area (Å²) in [5, 5.41) is 13.4. The highest BCUT2D eigenvalue weighted by molar-refractivity contribution is 5.91. The monoisotopic (exact) mass is 251 g/mol. The van der Waals surface area contributed by atoms with Crippen molar-refractivity contribution < 1.29 is 14.5 Å². The summed E-state index contributed by atoms with van der Waals surface area (Å²) in [5.74, 6) is 0. The molecule has 0 spiro atoms. The van der Waals surface area contributed by atoms with Gasteiger partial charge in [-0.25, -0.2) is 4.79 Å². The number of nitrogens with zero attached hydrogens (tertiary/aromatic N) is 2. The fourth-order valence-corrected chi connectivity index (χ4v) is 1.70. The lowest BCUT2D eigenvalue weighted by Crippen LogP contribution is -2.43. The van der Waals surface area contributed by atoms with E-state index in [1.165, 1.54) is 12.1 Å². The minimum absolute atomic E-state index is 0.112. The zero-order valence-electron chi connectivity index (χ0n) is 9.67. The number of amides is 2. The van der Waals surface area contributed by atoms with Gasteiger partial charge in [0.15, 0.2) is 0 Å². The van der Waals surface area contributed by atoms with Crippen LogP contribution in [-0.2, 0) is 4.74 Å². The number of morpholine rings is 1. The summed E-state index contributed by atoms with van der Waals surface area (Å²) in [4.78, 5) is 23.7. The number of hydrogen-bond donors (Lipinski definition) is 1. The van der Waals surface area contributed by atoms with Gasteiger partial charge in [-0.05, 0) is 6.07 Å². The van der Waals surface area contributed by atoms with Crippen LogP contribution in [-0.4, -0.2) is 42.2 Å². The fraction of sp³-hybridized carbons (Fsp3) is 0.364. The van der Waals surface area contributed by atoms with E-state index in [-0.39, 0.29) is 17.4 Å². The van der Waals surface area contributed by atoms with Gasteiger partial charge in [0.05, 0.1) is 18.1 Å². The molecule has 96 valence electrons. The van der Waals surface area contributed by atoms with E-state index in [0.29, 0.717) is 26.3 Å². The maximum absolute atomic E-state index is 11.9. The first-order valence-corrected chi connectivity index (χ1v) is 5.55. The second kappa shape index (κ2) is 5.46. The largest absolute Gasteiger partial charge is 0.378 e. The topological polar surface area (TPSA) is 84.7 Å². The molecule has 0 radical (unpaired) electrons. The first-order valence-electron chi connectivity index (χ1n) is 5.55. The molecule has 1 aromatic carbocycles. The highest BCUT2D eigenvalue weighted by atomic mass is 16.6. The van der Waals surface area contributed by atoms with Gasteiger partial charge in [0.2, 0.25) is 0 Å². The molecule has 0 bridgehead atoms. The average molecular weight is 251 g/mol. The standard InChI is InChI=1S/C11H13N3O4/c15-11(13-5-7-18-8-6-13)12-9-3-1-2-4-10(9)14(16)17/h1-4H,5-8H2,(H,12,15). The molecule has 1 saturated heterocycles. The van der Waals surface area contributed by atoms with Gasteiger partial charge in [-0.2, -0.15) is 0 Å². The molecular formula is C11H13N3O4. The molecule has 18 heavy (non-hydrogen) atoms. The van der Waals surface area contributed by atoms with Gasteiger partial charge in [-0.15, -0.1) is 0 Å². The number of para-hydroxylation sites is 2. The minimum Gasteiger partial charge on any atom is -0.378 e. The van der Waals surface area contributed by atoms with Gasteiger partial charge < -0.3 is 15.0 Å². The maximum atomic E-state index is 11.9. The van der Waals surface area contributed by atoms with E-state index >= 15 is 0 Å². The Hall–Kier alpha value is -2.15. The predicted octanol–water partition coefficient (Wildman–Crippen LogP) is 1.46. The normalized spacial score (nSPS) is 15.2. The van der Waals surface area contributed by atoms with Crippen molar-refractivity contribution in [3.05, 3.63) is 34.4 Å². The molecule has 1 N–H and O–H groups in total. The third-order valence-corrected chi connectivity index (χ3v) is 2.64. The van der Waals surface area contributed by atoms with Crippen LogP contribution in [0.15, 0.2) is 24.3 Å². The summed E-state index contributed by atoms with van der Waals surface area (Å²) >= 11 is 0. The van der Waals surface area contributed by atoms with Crippen molar-refractivity contribution >= 4 is 17.4 Å². The van der Waals surface area contributed by atoms with E-state index < -0.39 is 4.92 Å². The van der Waals surface area contributed by atoms with Crippen LogP contribution in [0.25, 0.3) is 0 Å². The molecule has 1 aromatic rings. The molecule has 0 aliphatic carbocycles. The summed E-state index contributed by atoms with van der Waals surface area (Å²) in [6.07, 6.45) is 0. The zero-order valence-corrected chi connectivity index (χ0v) is 9.67. The van der Waals surface area contributed by atoms with Crippen LogP contribution >= 0.6 is 0 Å². The molecule has 2 amide bonds. The Labute approximate surface area is 103 Å². The van der Waals surface area contributed by atoms with Gasteiger partial charge in [0.1, 0.15) is 5.69 Å². The van der Waals surface area contributed by atoms with Crippen molar-refractivity contribution in [3.8, 4) is 0 Å². The number of urea groups is 1. The first-order chi connectivity index (χ1) is 8.68. The number of hydrogen-bond acceptors (Lipinski definition) is 4. The smallest absolute Gasteiger partial charge is 0.322 e. The third-order valence-electron chi connectivity index (χ3n) is 2.64. The Morgan fingerprint density at radius 1 is 1.33 bits per heavy atom. The molecule has 1 heterocycles. The number of carbonyl (C=O) groups excluding carboxylic acids is 1. The van der Waals surface area contributed by atoms with Crippen LogP contribution < -0.4 is 5.32 Å². The van der Waals surface area contributed by atoms with Crippen molar-refractivity contribution in [2.24, 2.45) is 0 Å². The first kappa shape index (κ1) is 12.3. The van der Waals surface area contributed by atoms with Gasteiger partial charge >= 0.3 is 6.03 Å². The lowest BCUT2D eigenvalue weighted by Gasteiger charge is -2.26. The second-order valence-corrected chi connectivity index (χ2v) is 3.80. The molecule has 7 heteroatoms. The van der Waals surface area contributed by atoms with Crippen molar-refractivity contribution in [1.82, 2.24) is 4.90 Å². The van der Waals surface area contributed by atoms with Crippen LogP contribution in [0.1, 0.15) is 0 Å². The Balaban J connectivity index is 2.08. The van der Waals surface area contributed by atoms with E-state index in [4.69, 9.17) is 4.74 Å². The quantitative estimate of drug-likeness (QED) is 0.637. The Bertz CT molecular complexity index is 457. The van der Waals surface area contributed by atoms with Crippen LogP contribution in [0, 0.1) is 10.1 Å². The van der Waals surface area contributed by atoms with E-state index in [1.807, 2.05) is 0 Å². The van der Waals surface area contributed by atoms with Gasteiger partial charge in [0.25, 0.3) is 5.69 Å².